The van der Waals surface area contributed by atoms with Gasteiger partial charge in [-0.2, -0.15) is 0 Å². The molecule has 98 valence electrons. The summed E-state index contributed by atoms with van der Waals surface area (Å²) in [6.07, 6.45) is 7.52. The molecule has 1 aromatic rings. The number of para-hydroxylation sites is 1. The molecule has 1 aliphatic heterocycles. The fraction of sp³-hybridized carbons (Fsp3) is 0.600. The van der Waals surface area contributed by atoms with Crippen LogP contribution in [-0.2, 0) is 4.74 Å². The van der Waals surface area contributed by atoms with E-state index in [1.54, 1.807) is 0 Å². The Morgan fingerprint density at radius 2 is 2.00 bits per heavy atom. The Hall–Kier alpha value is -0.290. The van der Waals surface area contributed by atoms with Gasteiger partial charge < -0.3 is 10.1 Å². The van der Waals surface area contributed by atoms with Gasteiger partial charge in [0.1, 0.15) is 0 Å². The summed E-state index contributed by atoms with van der Waals surface area (Å²) in [5.41, 5.74) is 1.48. The Bertz CT molecular complexity index is 415. The number of rotatable bonds is 2. The number of ether oxygens (including phenoxy) is 1. The van der Waals surface area contributed by atoms with E-state index >= 15 is 0 Å². The molecule has 1 saturated carbocycles. The molecule has 2 nitrogen and oxygen atoms in total. The van der Waals surface area contributed by atoms with Gasteiger partial charge in [-0.25, -0.2) is 0 Å². The fourth-order valence-corrected chi connectivity index (χ4v) is 3.86. The van der Waals surface area contributed by atoms with Gasteiger partial charge in [0, 0.05) is 21.9 Å². The SMILES string of the molecule is Ic1ccccc1NC1CCOC2(CCCC2)C1. The van der Waals surface area contributed by atoms with Crippen molar-refractivity contribution in [1.82, 2.24) is 0 Å². The Balaban J connectivity index is 1.68. The molecule has 2 fully saturated rings. The van der Waals surface area contributed by atoms with Crippen LogP contribution in [0.3, 0.4) is 0 Å². The van der Waals surface area contributed by atoms with Crippen LogP contribution < -0.4 is 5.32 Å². The van der Waals surface area contributed by atoms with E-state index in [0.717, 1.165) is 13.0 Å². The van der Waals surface area contributed by atoms with Crippen LogP contribution in [0.25, 0.3) is 0 Å². The van der Waals surface area contributed by atoms with E-state index in [1.165, 1.54) is 41.4 Å². The zero-order valence-electron chi connectivity index (χ0n) is 10.6. The topological polar surface area (TPSA) is 21.3 Å². The van der Waals surface area contributed by atoms with Crippen molar-refractivity contribution in [2.75, 3.05) is 11.9 Å². The first-order chi connectivity index (χ1) is 8.77. The summed E-state index contributed by atoms with van der Waals surface area (Å²) in [7, 11) is 0. The van der Waals surface area contributed by atoms with Gasteiger partial charge in [-0.05, 0) is 60.4 Å². The van der Waals surface area contributed by atoms with E-state index in [-0.39, 0.29) is 5.60 Å². The molecule has 0 amide bonds. The van der Waals surface area contributed by atoms with Crippen LogP contribution in [0.15, 0.2) is 24.3 Å². The smallest absolute Gasteiger partial charge is 0.0702 e. The highest BCUT2D eigenvalue weighted by molar-refractivity contribution is 14.1. The molecule has 18 heavy (non-hydrogen) atoms. The third-order valence-corrected chi connectivity index (χ3v) is 5.18. The molecule has 1 saturated heterocycles. The minimum Gasteiger partial charge on any atom is -0.381 e. The van der Waals surface area contributed by atoms with Crippen molar-refractivity contribution >= 4 is 28.3 Å². The minimum absolute atomic E-state index is 0.204. The number of anilines is 1. The minimum atomic E-state index is 0.204. The van der Waals surface area contributed by atoms with Crippen LogP contribution in [0, 0.1) is 3.57 Å². The summed E-state index contributed by atoms with van der Waals surface area (Å²) in [5, 5.41) is 3.71. The van der Waals surface area contributed by atoms with Gasteiger partial charge in [0.2, 0.25) is 0 Å². The average Bonchev–Trinajstić information content (AvgIpc) is 2.80. The molecule has 3 heteroatoms. The molecule has 3 rings (SSSR count). The zero-order valence-corrected chi connectivity index (χ0v) is 12.8. The van der Waals surface area contributed by atoms with E-state index in [1.807, 2.05) is 0 Å². The van der Waals surface area contributed by atoms with Crippen molar-refractivity contribution in [2.24, 2.45) is 0 Å². The fourth-order valence-electron chi connectivity index (χ4n) is 3.32. The van der Waals surface area contributed by atoms with Crippen molar-refractivity contribution < 1.29 is 4.74 Å². The summed E-state index contributed by atoms with van der Waals surface area (Å²) in [6, 6.07) is 9.11. The Labute approximate surface area is 123 Å². The highest BCUT2D eigenvalue weighted by Gasteiger charge is 2.39. The van der Waals surface area contributed by atoms with E-state index in [4.69, 9.17) is 4.74 Å². The van der Waals surface area contributed by atoms with Gasteiger partial charge in [0.05, 0.1) is 5.60 Å². The molecule has 0 bridgehead atoms. The molecule has 2 aliphatic rings. The molecule has 1 N–H and O–H groups in total. The molecule has 1 heterocycles. The lowest BCUT2D eigenvalue weighted by atomic mass is 9.89. The van der Waals surface area contributed by atoms with E-state index in [0.29, 0.717) is 6.04 Å². The second kappa shape index (κ2) is 5.37. The van der Waals surface area contributed by atoms with E-state index < -0.39 is 0 Å². The Morgan fingerprint density at radius 1 is 1.22 bits per heavy atom. The third kappa shape index (κ3) is 2.67. The van der Waals surface area contributed by atoms with Gasteiger partial charge >= 0.3 is 0 Å². The first-order valence-corrected chi connectivity index (χ1v) is 8.00. The number of nitrogens with one attached hydrogen (secondary N) is 1. The number of halogens is 1. The first-order valence-electron chi connectivity index (χ1n) is 6.92. The molecule has 0 radical (unpaired) electrons. The lowest BCUT2D eigenvalue weighted by Gasteiger charge is -2.39. The summed E-state index contributed by atoms with van der Waals surface area (Å²) in [5.74, 6) is 0. The number of benzene rings is 1. The molecule has 1 aromatic carbocycles. The normalized spacial score (nSPS) is 26.4. The maximum absolute atomic E-state index is 6.08. The van der Waals surface area contributed by atoms with Crippen LogP contribution in [0.5, 0.6) is 0 Å². The lowest BCUT2D eigenvalue weighted by Crippen LogP contribution is -2.42. The molecular weight excluding hydrogens is 337 g/mol. The monoisotopic (exact) mass is 357 g/mol. The van der Waals surface area contributed by atoms with Crippen molar-refractivity contribution in [3.8, 4) is 0 Å². The van der Waals surface area contributed by atoms with Crippen molar-refractivity contribution in [3.05, 3.63) is 27.8 Å². The zero-order chi connectivity index (χ0) is 12.4. The summed E-state index contributed by atoms with van der Waals surface area (Å²) < 4.78 is 7.39. The third-order valence-electron chi connectivity index (χ3n) is 4.24. The molecule has 1 unspecified atom stereocenters. The highest BCUT2D eigenvalue weighted by atomic mass is 127. The maximum atomic E-state index is 6.08. The van der Waals surface area contributed by atoms with Crippen molar-refractivity contribution in [3.63, 3.8) is 0 Å². The Morgan fingerprint density at radius 3 is 2.78 bits per heavy atom. The van der Waals surface area contributed by atoms with Gasteiger partial charge in [0.15, 0.2) is 0 Å². The Kier molecular flexibility index (Phi) is 3.80. The van der Waals surface area contributed by atoms with E-state index in [9.17, 15) is 0 Å². The second-order valence-electron chi connectivity index (χ2n) is 5.55. The van der Waals surface area contributed by atoms with E-state index in [2.05, 4.69) is 52.2 Å². The molecule has 0 aromatic heterocycles. The molecule has 1 aliphatic carbocycles. The summed E-state index contributed by atoms with van der Waals surface area (Å²) >= 11 is 2.40. The standard InChI is InChI=1S/C15H20INO/c16-13-5-1-2-6-14(13)17-12-7-10-18-15(11-12)8-3-4-9-15/h1-2,5-6,12,17H,3-4,7-11H2. The summed E-state index contributed by atoms with van der Waals surface area (Å²) in [6.45, 7) is 0.918. The number of hydrogen-bond acceptors (Lipinski definition) is 2. The van der Waals surface area contributed by atoms with Gasteiger partial charge in [-0.3, -0.25) is 0 Å². The predicted octanol–water partition coefficient (Wildman–Crippen LogP) is 4.19. The maximum Gasteiger partial charge on any atom is 0.0702 e. The van der Waals surface area contributed by atoms with Crippen LogP contribution in [0.2, 0.25) is 0 Å². The number of hydrogen-bond donors (Lipinski definition) is 1. The van der Waals surface area contributed by atoms with Crippen molar-refractivity contribution in [2.45, 2.75) is 50.2 Å². The van der Waals surface area contributed by atoms with Crippen molar-refractivity contribution in [1.29, 1.82) is 0 Å². The highest BCUT2D eigenvalue weighted by Crippen LogP contribution is 2.40. The molecule has 1 spiro atoms. The van der Waals surface area contributed by atoms with Crippen LogP contribution >= 0.6 is 22.6 Å². The molecular formula is C15H20INO. The molecule has 1 atom stereocenters. The van der Waals surface area contributed by atoms with Crippen LogP contribution in [0.4, 0.5) is 5.69 Å². The summed E-state index contributed by atoms with van der Waals surface area (Å²) in [4.78, 5) is 0. The van der Waals surface area contributed by atoms with Gasteiger partial charge in [-0.1, -0.05) is 25.0 Å². The average molecular weight is 357 g/mol. The quantitative estimate of drug-likeness (QED) is 0.802. The van der Waals surface area contributed by atoms with Crippen LogP contribution in [-0.4, -0.2) is 18.2 Å². The largest absolute Gasteiger partial charge is 0.381 e. The van der Waals surface area contributed by atoms with Gasteiger partial charge in [0.25, 0.3) is 0 Å². The van der Waals surface area contributed by atoms with Gasteiger partial charge in [-0.15, -0.1) is 0 Å². The van der Waals surface area contributed by atoms with Crippen LogP contribution in [0.1, 0.15) is 38.5 Å². The predicted molar refractivity (Wildman–Crippen MR) is 83.0 cm³/mol. The second-order valence-corrected chi connectivity index (χ2v) is 6.71. The lowest BCUT2D eigenvalue weighted by molar-refractivity contribution is -0.0767. The first kappa shape index (κ1) is 12.7.